The maximum atomic E-state index is 11.7. The van der Waals surface area contributed by atoms with E-state index < -0.39 is 24.5 Å². The highest BCUT2D eigenvalue weighted by Crippen LogP contribution is 2.11. The minimum absolute atomic E-state index is 0.108. The monoisotopic (exact) mass is 251 g/mol. The van der Waals surface area contributed by atoms with Crippen LogP contribution in [0.5, 0.6) is 0 Å². The number of hydrogen-bond donors (Lipinski definition) is 3. The van der Waals surface area contributed by atoms with Gasteiger partial charge in [0.25, 0.3) is 0 Å². The zero-order valence-electron chi connectivity index (χ0n) is 10.4. The molecule has 0 spiro atoms. The van der Waals surface area contributed by atoms with Crippen LogP contribution in [0.15, 0.2) is 18.2 Å². The van der Waals surface area contributed by atoms with Gasteiger partial charge in [0.05, 0.1) is 13.0 Å². The normalized spacial score (nSPS) is 11.9. The quantitative estimate of drug-likeness (QED) is 0.707. The van der Waals surface area contributed by atoms with Crippen LogP contribution in [0.2, 0.25) is 0 Å². The smallest absolute Gasteiger partial charge is 0.328 e. The third kappa shape index (κ3) is 3.85. The zero-order chi connectivity index (χ0) is 13.7. The van der Waals surface area contributed by atoms with Crippen LogP contribution in [-0.2, 0) is 16.0 Å². The zero-order valence-corrected chi connectivity index (χ0v) is 10.4. The molecule has 1 rings (SSSR count). The molecule has 0 aliphatic heterocycles. The lowest BCUT2D eigenvalue weighted by Gasteiger charge is -2.12. The fourth-order valence-electron chi connectivity index (χ4n) is 1.59. The van der Waals surface area contributed by atoms with Crippen molar-refractivity contribution < 1.29 is 19.8 Å². The molecule has 1 aromatic carbocycles. The number of aliphatic carboxylic acids is 1. The van der Waals surface area contributed by atoms with Gasteiger partial charge in [0.2, 0.25) is 5.91 Å². The molecule has 0 aromatic heterocycles. The first-order valence-corrected chi connectivity index (χ1v) is 5.63. The SMILES string of the molecule is Cc1ccc(C)c(CC(=O)N[C@H](CO)C(=O)O)c1. The Balaban J connectivity index is 2.70. The van der Waals surface area contributed by atoms with Crippen molar-refractivity contribution in [1.82, 2.24) is 5.32 Å². The Hall–Kier alpha value is -1.88. The molecule has 18 heavy (non-hydrogen) atoms. The van der Waals surface area contributed by atoms with Crippen LogP contribution in [0.1, 0.15) is 16.7 Å². The summed E-state index contributed by atoms with van der Waals surface area (Å²) in [4.78, 5) is 22.3. The average molecular weight is 251 g/mol. The summed E-state index contributed by atoms with van der Waals surface area (Å²) in [5, 5.41) is 19.8. The standard InChI is InChI=1S/C13H17NO4/c1-8-3-4-9(2)10(5-8)6-12(16)14-11(7-15)13(17)18/h3-5,11,15H,6-7H2,1-2H3,(H,14,16)(H,17,18)/t11-/m1/s1. The Labute approximate surface area is 105 Å². The molecule has 1 amide bonds. The van der Waals surface area contributed by atoms with Crippen molar-refractivity contribution >= 4 is 11.9 Å². The number of aliphatic hydroxyl groups excluding tert-OH is 1. The predicted octanol–water partition coefficient (Wildman–Crippen LogP) is 0.408. The van der Waals surface area contributed by atoms with Crippen molar-refractivity contribution in [1.29, 1.82) is 0 Å². The molecule has 3 N–H and O–H groups in total. The van der Waals surface area contributed by atoms with Crippen LogP contribution < -0.4 is 5.32 Å². The number of carbonyl (C=O) groups excluding carboxylic acids is 1. The van der Waals surface area contributed by atoms with E-state index in [1.54, 1.807) is 0 Å². The Kier molecular flexibility index (Phi) is 4.85. The van der Waals surface area contributed by atoms with Gasteiger partial charge in [-0.2, -0.15) is 0 Å². The molecule has 0 bridgehead atoms. The lowest BCUT2D eigenvalue weighted by atomic mass is 10.0. The van der Waals surface area contributed by atoms with Crippen molar-refractivity contribution in [3.63, 3.8) is 0 Å². The van der Waals surface area contributed by atoms with Crippen LogP contribution in [0.4, 0.5) is 0 Å². The van der Waals surface area contributed by atoms with Crippen molar-refractivity contribution in [2.24, 2.45) is 0 Å². The Morgan fingerprint density at radius 2 is 2.00 bits per heavy atom. The van der Waals surface area contributed by atoms with Gasteiger partial charge in [-0.3, -0.25) is 4.79 Å². The van der Waals surface area contributed by atoms with Gasteiger partial charge in [-0.25, -0.2) is 4.79 Å². The van der Waals surface area contributed by atoms with Gasteiger partial charge in [-0.15, -0.1) is 0 Å². The van der Waals surface area contributed by atoms with Gasteiger partial charge in [0, 0.05) is 0 Å². The fraction of sp³-hybridized carbons (Fsp3) is 0.385. The Morgan fingerprint density at radius 1 is 1.33 bits per heavy atom. The van der Waals surface area contributed by atoms with E-state index in [-0.39, 0.29) is 6.42 Å². The number of aliphatic hydroxyl groups is 1. The van der Waals surface area contributed by atoms with E-state index in [1.165, 1.54) is 0 Å². The highest BCUT2D eigenvalue weighted by atomic mass is 16.4. The molecule has 1 aromatic rings. The van der Waals surface area contributed by atoms with Crippen molar-refractivity contribution in [3.8, 4) is 0 Å². The molecule has 0 saturated carbocycles. The molecule has 0 heterocycles. The predicted molar refractivity (Wildman–Crippen MR) is 66.3 cm³/mol. The minimum Gasteiger partial charge on any atom is -0.480 e. The van der Waals surface area contributed by atoms with Gasteiger partial charge >= 0.3 is 5.97 Å². The number of amides is 1. The van der Waals surface area contributed by atoms with E-state index in [9.17, 15) is 9.59 Å². The van der Waals surface area contributed by atoms with Gasteiger partial charge in [-0.05, 0) is 25.0 Å². The molecule has 98 valence electrons. The van der Waals surface area contributed by atoms with Gasteiger partial charge in [0.1, 0.15) is 6.04 Å². The van der Waals surface area contributed by atoms with E-state index in [2.05, 4.69) is 5.32 Å². The summed E-state index contributed by atoms with van der Waals surface area (Å²) in [6.45, 7) is 3.20. The van der Waals surface area contributed by atoms with Crippen molar-refractivity contribution in [2.45, 2.75) is 26.3 Å². The highest BCUT2D eigenvalue weighted by molar-refractivity contribution is 5.85. The Morgan fingerprint density at radius 3 is 2.56 bits per heavy atom. The lowest BCUT2D eigenvalue weighted by molar-refractivity contribution is -0.142. The summed E-state index contributed by atoms with van der Waals surface area (Å²) < 4.78 is 0. The van der Waals surface area contributed by atoms with E-state index in [0.717, 1.165) is 16.7 Å². The minimum atomic E-state index is -1.25. The molecular weight excluding hydrogens is 234 g/mol. The molecule has 0 aliphatic carbocycles. The maximum absolute atomic E-state index is 11.7. The molecule has 5 nitrogen and oxygen atoms in total. The maximum Gasteiger partial charge on any atom is 0.328 e. The Bertz CT molecular complexity index is 456. The third-order valence-electron chi connectivity index (χ3n) is 2.67. The van der Waals surface area contributed by atoms with Crippen LogP contribution in [0, 0.1) is 13.8 Å². The van der Waals surface area contributed by atoms with Crippen molar-refractivity contribution in [2.75, 3.05) is 6.61 Å². The number of benzene rings is 1. The number of aryl methyl sites for hydroxylation is 2. The van der Waals surface area contributed by atoms with Gasteiger partial charge in [0.15, 0.2) is 0 Å². The van der Waals surface area contributed by atoms with E-state index >= 15 is 0 Å². The summed E-state index contributed by atoms with van der Waals surface area (Å²) in [6.07, 6.45) is 0.108. The molecule has 0 saturated heterocycles. The molecule has 0 aliphatic rings. The number of carboxylic acids is 1. The second-order valence-electron chi connectivity index (χ2n) is 4.25. The largest absolute Gasteiger partial charge is 0.480 e. The first-order valence-electron chi connectivity index (χ1n) is 5.63. The van der Waals surface area contributed by atoms with E-state index in [0.29, 0.717) is 0 Å². The lowest BCUT2D eigenvalue weighted by Crippen LogP contribution is -2.44. The number of nitrogens with one attached hydrogen (secondary N) is 1. The molecule has 5 heteroatoms. The summed E-state index contributed by atoms with van der Waals surface area (Å²) in [5.74, 6) is -1.66. The van der Waals surface area contributed by atoms with E-state index in [1.807, 2.05) is 32.0 Å². The molecule has 0 unspecified atom stereocenters. The van der Waals surface area contributed by atoms with Crippen LogP contribution in [0.3, 0.4) is 0 Å². The third-order valence-corrected chi connectivity index (χ3v) is 2.67. The van der Waals surface area contributed by atoms with E-state index in [4.69, 9.17) is 10.2 Å². The summed E-state index contributed by atoms with van der Waals surface area (Å²) in [7, 11) is 0. The summed E-state index contributed by atoms with van der Waals surface area (Å²) in [5.41, 5.74) is 2.88. The van der Waals surface area contributed by atoms with Crippen LogP contribution in [0.25, 0.3) is 0 Å². The second kappa shape index (κ2) is 6.16. The number of hydrogen-bond acceptors (Lipinski definition) is 3. The summed E-state index contributed by atoms with van der Waals surface area (Å²) >= 11 is 0. The molecule has 0 radical (unpaired) electrons. The van der Waals surface area contributed by atoms with Gasteiger partial charge in [-0.1, -0.05) is 23.8 Å². The number of carbonyl (C=O) groups is 2. The topological polar surface area (TPSA) is 86.6 Å². The second-order valence-corrected chi connectivity index (χ2v) is 4.25. The fourth-order valence-corrected chi connectivity index (χ4v) is 1.59. The summed E-state index contributed by atoms with van der Waals surface area (Å²) in [6, 6.07) is 4.51. The number of rotatable bonds is 5. The average Bonchev–Trinajstić information content (AvgIpc) is 2.30. The molecule has 0 fully saturated rings. The molecular formula is C13H17NO4. The molecule has 1 atom stereocenters. The van der Waals surface area contributed by atoms with Gasteiger partial charge < -0.3 is 15.5 Å². The number of carboxylic acid groups (broad SMARTS) is 1. The first kappa shape index (κ1) is 14.2. The van der Waals surface area contributed by atoms with Crippen LogP contribution in [-0.4, -0.2) is 34.7 Å². The van der Waals surface area contributed by atoms with Crippen molar-refractivity contribution in [3.05, 3.63) is 34.9 Å². The highest BCUT2D eigenvalue weighted by Gasteiger charge is 2.18. The van der Waals surface area contributed by atoms with Crippen LogP contribution >= 0.6 is 0 Å². The first-order chi connectivity index (χ1) is 8.43.